The molecule has 23 heteroatoms. The van der Waals surface area contributed by atoms with Crippen LogP contribution in [0.15, 0.2) is 0 Å². The minimum atomic E-state index is -4.62. The molecule has 13 aliphatic rings. The van der Waals surface area contributed by atoms with Crippen LogP contribution < -0.4 is 0 Å². The average Bonchev–Trinajstić information content (AvgIpc) is 1.68. The number of fused-ring (bicyclic) bond motifs is 6. The number of esters is 7. The van der Waals surface area contributed by atoms with Crippen molar-refractivity contribution in [1.29, 1.82) is 0 Å². The Balaban J connectivity index is 0.000000159. The number of alkyl halides is 3. The van der Waals surface area contributed by atoms with Crippen LogP contribution in [0.1, 0.15) is 266 Å². The third-order valence-electron chi connectivity index (χ3n) is 24.9. The van der Waals surface area contributed by atoms with Gasteiger partial charge in [-0.05, 0) is 220 Å². The number of carbonyl (C=O) groups is 7. The smallest absolute Gasteiger partial charge is 0.425 e. The summed E-state index contributed by atoms with van der Waals surface area (Å²) >= 11 is 0. The van der Waals surface area contributed by atoms with Gasteiger partial charge >= 0.3 is 48.0 Å². The molecule has 7 aliphatic carbocycles. The van der Waals surface area contributed by atoms with Gasteiger partial charge in [0.05, 0.1) is 27.6 Å². The van der Waals surface area contributed by atoms with Gasteiger partial charge in [0.2, 0.25) is 12.2 Å². The van der Waals surface area contributed by atoms with E-state index in [4.69, 9.17) is 56.8 Å². The Morgan fingerprint density at radius 1 is 0.505 bits per heavy atom. The predicted octanol–water partition coefficient (Wildman–Crippen LogP) is 14.0. The zero-order valence-electron chi connectivity index (χ0n) is 61.2. The predicted molar refractivity (Wildman–Crippen MR) is 345 cm³/mol. The maximum Gasteiger partial charge on any atom is 0.425 e. The number of hydrogen-bond donors (Lipinski definition) is 0. The van der Waals surface area contributed by atoms with Gasteiger partial charge in [0, 0.05) is 25.7 Å². The van der Waals surface area contributed by atoms with Crippen molar-refractivity contribution < 1.29 is 108 Å². The quantitative estimate of drug-likeness (QED) is 0.109. The molecule has 0 amide bonds. The lowest BCUT2D eigenvalue weighted by Gasteiger charge is -2.59. The van der Waals surface area contributed by atoms with E-state index in [0.717, 1.165) is 76.5 Å². The number of rotatable bonds is 15. The summed E-state index contributed by atoms with van der Waals surface area (Å²) in [6.45, 7) is 34.8. The van der Waals surface area contributed by atoms with Crippen molar-refractivity contribution >= 4 is 41.8 Å². The standard InChI is InChI=1S/C22H29F3O9.C22H34O7.C17H28O2.C13H24O2/c1-5-20(3,4)19(28)32-14-12-13(30-17(14)27)15-18(31-12)34-21(33-15)8-6-11(7-9-21)16(26)29-10(2)22(23,24)25;1-7-21(5,6)19(24)27-15-13-14(25-17(15)23)16-18(26-13)29-22(28-16)10-8-12(9-11-22)20(2,3)4;1-5-16(2,3)15(18)19-17(4)13-7-11-6-12(9-13)10-14(17)8-11;1-5-12(3,4)11(14)15-13(6-2)9-7-8-10-13/h10-15,18H,5-9H2,1-4H3;12-16,18H,7-11H2,1-6H3;11-14H,5-10H2,1-4H3;5-10H2,1-4H3/t10?,11?,12?,13-,14?,15+,18+,21?;12?,13-,14-,15?,16+,18+,22?;;/m00../s1. The first-order valence-corrected chi connectivity index (χ1v) is 36.6. The van der Waals surface area contributed by atoms with Crippen molar-refractivity contribution in [3.63, 3.8) is 0 Å². The summed E-state index contributed by atoms with van der Waals surface area (Å²) < 4.78 is 113. The highest BCUT2D eigenvalue weighted by atomic mass is 19.4. The molecule has 2 spiro atoms. The zero-order valence-corrected chi connectivity index (χ0v) is 61.2. The number of halogens is 3. The second kappa shape index (κ2) is 28.6. The minimum absolute atomic E-state index is 0.0185. The van der Waals surface area contributed by atoms with E-state index in [1.807, 2.05) is 48.5 Å². The minimum Gasteiger partial charge on any atom is -0.459 e. The molecule has 0 aromatic carbocycles. The van der Waals surface area contributed by atoms with Gasteiger partial charge in [-0.2, -0.15) is 13.2 Å². The van der Waals surface area contributed by atoms with E-state index >= 15 is 0 Å². The highest BCUT2D eigenvalue weighted by Crippen LogP contribution is 2.60. The van der Waals surface area contributed by atoms with Gasteiger partial charge in [-0.25, -0.2) is 9.59 Å². The van der Waals surface area contributed by atoms with Crippen LogP contribution in [0.2, 0.25) is 0 Å². The van der Waals surface area contributed by atoms with Gasteiger partial charge in [-0.15, -0.1) is 0 Å². The van der Waals surface area contributed by atoms with Crippen molar-refractivity contribution in [2.75, 3.05) is 0 Å². The Bertz CT molecular complexity index is 2810. The van der Waals surface area contributed by atoms with Crippen molar-refractivity contribution in [2.45, 2.75) is 362 Å². The normalized spacial score (nSPS) is 37.8. The van der Waals surface area contributed by atoms with Crippen LogP contribution in [0.25, 0.3) is 0 Å². The van der Waals surface area contributed by atoms with Crippen LogP contribution in [0.4, 0.5) is 13.2 Å². The fraction of sp³-hybridized carbons (Fsp3) is 0.905. The molecule has 7 saturated carbocycles. The van der Waals surface area contributed by atoms with Crippen molar-refractivity contribution in [1.82, 2.24) is 0 Å². The number of carbonyl (C=O) groups excluding carboxylic acids is 7. The Morgan fingerprint density at radius 3 is 1.26 bits per heavy atom. The molecular weight excluding hydrogens is 1270 g/mol. The monoisotopic (exact) mass is 1380 g/mol. The third-order valence-corrected chi connectivity index (χ3v) is 24.9. The van der Waals surface area contributed by atoms with Crippen molar-refractivity contribution in [2.24, 2.45) is 62.6 Å². The summed E-state index contributed by atoms with van der Waals surface area (Å²) in [5, 5.41) is 0. The van der Waals surface area contributed by atoms with E-state index in [1.165, 1.54) is 44.9 Å². The van der Waals surface area contributed by atoms with Crippen molar-refractivity contribution in [3.8, 4) is 0 Å². The van der Waals surface area contributed by atoms with E-state index in [0.29, 0.717) is 30.6 Å². The Morgan fingerprint density at radius 2 is 0.887 bits per heavy atom. The van der Waals surface area contributed by atoms with Crippen LogP contribution in [-0.4, -0.2) is 138 Å². The van der Waals surface area contributed by atoms with E-state index in [-0.39, 0.29) is 65.1 Å². The lowest BCUT2D eigenvalue weighted by molar-refractivity contribution is -0.252. The molecule has 0 aromatic rings. The summed E-state index contributed by atoms with van der Waals surface area (Å²) in [7, 11) is 0. The molecule has 6 aliphatic heterocycles. The first-order chi connectivity index (χ1) is 45.0. The first kappa shape index (κ1) is 77.0. The van der Waals surface area contributed by atoms with E-state index in [9.17, 15) is 46.7 Å². The fourth-order valence-corrected chi connectivity index (χ4v) is 16.0. The van der Waals surface area contributed by atoms with Gasteiger partial charge in [-0.3, -0.25) is 24.0 Å². The summed E-state index contributed by atoms with van der Waals surface area (Å²) in [5.74, 6) is -1.89. The lowest BCUT2D eigenvalue weighted by Crippen LogP contribution is -2.58. The van der Waals surface area contributed by atoms with E-state index in [2.05, 4.69) is 46.3 Å². The lowest BCUT2D eigenvalue weighted by atomic mass is 9.50. The molecule has 6 saturated heterocycles. The van der Waals surface area contributed by atoms with Gasteiger partial charge in [-0.1, -0.05) is 55.4 Å². The molecule has 11 atom stereocenters. The molecule has 4 unspecified atom stereocenters. The molecule has 4 bridgehead atoms. The van der Waals surface area contributed by atoms with Gasteiger partial charge in [0.25, 0.3) is 0 Å². The molecule has 20 nitrogen and oxygen atoms in total. The average molecular weight is 1380 g/mol. The van der Waals surface area contributed by atoms with Crippen LogP contribution in [-0.2, 0) is 95.1 Å². The number of ether oxygens (including phenoxy) is 13. The highest BCUT2D eigenvalue weighted by Gasteiger charge is 2.68. The topological polar surface area (TPSA) is 239 Å². The van der Waals surface area contributed by atoms with Gasteiger partial charge in [0.1, 0.15) is 23.4 Å². The molecule has 0 aromatic heterocycles. The molecule has 97 heavy (non-hydrogen) atoms. The van der Waals surface area contributed by atoms with Gasteiger partial charge in [0.15, 0.2) is 54.7 Å². The molecule has 6 heterocycles. The maximum absolute atomic E-state index is 12.7. The van der Waals surface area contributed by atoms with Crippen molar-refractivity contribution in [3.05, 3.63) is 0 Å². The summed E-state index contributed by atoms with van der Waals surface area (Å²) in [6, 6.07) is 0. The third kappa shape index (κ3) is 16.2. The second-order valence-corrected chi connectivity index (χ2v) is 34.1. The van der Waals surface area contributed by atoms with Crippen LogP contribution in [0.5, 0.6) is 0 Å². The number of hydrogen-bond acceptors (Lipinski definition) is 20. The zero-order chi connectivity index (χ0) is 71.6. The summed E-state index contributed by atoms with van der Waals surface area (Å²) in [4.78, 5) is 86.2. The Hall–Kier alpha value is -4.16. The molecule has 552 valence electrons. The summed E-state index contributed by atoms with van der Waals surface area (Å²) in [6.07, 6.45) is 4.72. The first-order valence-electron chi connectivity index (χ1n) is 36.6. The van der Waals surface area contributed by atoms with E-state index < -0.39 is 132 Å². The SMILES string of the molecule is CCC(C)(C)C(=O)OC1(C)C2CC3CC(C2)CC1C3.CCC(C)(C)C(=O)OC1C(=O)O[C@@H]2[C@H]3OC4(CCC(C(C)(C)C)CC4)O[C@H]3O[C@H]12.CCC(C)(C)C(=O)OC1C(=O)O[C@H]2C1O[C@@H]1OC3(CCC(C(=O)OC(C)C(F)(F)F)CC3)O[C@@H]12.CCC1(OC(=O)C(C)(C)CC)CCCC1. The fourth-order valence-electron chi connectivity index (χ4n) is 16.0. The molecule has 0 N–H and O–H groups in total. The largest absolute Gasteiger partial charge is 0.459 e. The summed E-state index contributed by atoms with van der Waals surface area (Å²) in [5.41, 5.74) is -2.15. The van der Waals surface area contributed by atoms with Crippen LogP contribution in [0.3, 0.4) is 0 Å². The maximum atomic E-state index is 12.7. The van der Waals surface area contributed by atoms with Crippen LogP contribution in [0, 0.1) is 62.6 Å². The van der Waals surface area contributed by atoms with E-state index in [1.54, 1.807) is 27.7 Å². The Labute approximate surface area is 572 Å². The Kier molecular flexibility index (Phi) is 22.7. The van der Waals surface area contributed by atoms with Gasteiger partial charge < -0.3 is 61.6 Å². The molecular formula is C74H115F3O20. The highest BCUT2D eigenvalue weighted by molar-refractivity contribution is 5.85. The molecule has 13 rings (SSSR count). The second-order valence-electron chi connectivity index (χ2n) is 34.1. The van der Waals surface area contributed by atoms with Crippen LogP contribution >= 0.6 is 0 Å². The molecule has 0 radical (unpaired) electrons. The molecule has 13 fully saturated rings.